The lowest BCUT2D eigenvalue weighted by Gasteiger charge is -2.43. The molecule has 0 aliphatic carbocycles. The number of hydrogen-bond donors (Lipinski definition) is 2. The van der Waals surface area contributed by atoms with Crippen molar-refractivity contribution in [3.8, 4) is 17.0 Å². The standard InChI is InChI=1S/C30H39N7O3/c1-30(2,3)40-29(38)33-14-7-8-20-16-21(13-15-32-20)37-22-11-12-23(37)19-36(18-22)26-17-25(34-35-28(26)31)24-9-5-6-10-27(24)39-4/h5-6,9-10,13,15-17,22-23H,7-8,11-12,14,18-19H2,1-4H3,(H2,31,35)(H,33,38). The zero-order chi connectivity index (χ0) is 28.3. The molecule has 0 radical (unpaired) electrons. The van der Waals surface area contributed by atoms with Crippen molar-refractivity contribution in [1.29, 1.82) is 0 Å². The van der Waals surface area contributed by atoms with Crippen LogP contribution < -0.4 is 25.6 Å². The summed E-state index contributed by atoms with van der Waals surface area (Å²) in [5.74, 6) is 1.20. The van der Waals surface area contributed by atoms with E-state index in [4.69, 9.17) is 15.2 Å². The van der Waals surface area contributed by atoms with Gasteiger partial charge in [-0.1, -0.05) is 12.1 Å². The highest BCUT2D eigenvalue weighted by molar-refractivity contribution is 5.75. The lowest BCUT2D eigenvalue weighted by Crippen LogP contribution is -2.54. The predicted octanol–water partition coefficient (Wildman–Crippen LogP) is 4.44. The highest BCUT2D eigenvalue weighted by Gasteiger charge is 2.40. The minimum atomic E-state index is -0.499. The van der Waals surface area contributed by atoms with Crippen molar-refractivity contribution >= 4 is 23.3 Å². The summed E-state index contributed by atoms with van der Waals surface area (Å²) in [5, 5.41) is 11.5. The molecule has 10 nitrogen and oxygen atoms in total. The van der Waals surface area contributed by atoms with Crippen molar-refractivity contribution in [2.75, 3.05) is 42.3 Å². The van der Waals surface area contributed by atoms with Gasteiger partial charge in [0.1, 0.15) is 11.4 Å². The molecular weight excluding hydrogens is 506 g/mol. The van der Waals surface area contributed by atoms with E-state index in [2.05, 4.69) is 42.4 Å². The lowest BCUT2D eigenvalue weighted by molar-refractivity contribution is 0.0527. The van der Waals surface area contributed by atoms with Gasteiger partial charge in [0.25, 0.3) is 0 Å². The minimum absolute atomic E-state index is 0.366. The number of benzene rings is 1. The number of aromatic nitrogens is 3. The first kappa shape index (κ1) is 27.5. The third-order valence-electron chi connectivity index (χ3n) is 7.38. The summed E-state index contributed by atoms with van der Waals surface area (Å²) in [6, 6.07) is 14.9. The molecule has 2 aromatic heterocycles. The van der Waals surface area contributed by atoms with Crippen LogP contribution >= 0.6 is 0 Å². The van der Waals surface area contributed by atoms with Crippen LogP contribution in [-0.2, 0) is 11.2 Å². The molecule has 4 heterocycles. The van der Waals surface area contributed by atoms with Gasteiger partial charge in [0.2, 0.25) is 0 Å². The number of para-hydroxylation sites is 1. The highest BCUT2D eigenvalue weighted by Crippen LogP contribution is 2.39. The number of piperazine rings is 1. The molecule has 2 unspecified atom stereocenters. The van der Waals surface area contributed by atoms with Gasteiger partial charge < -0.3 is 30.3 Å². The maximum absolute atomic E-state index is 11.9. The number of carbonyl (C=O) groups excluding carboxylic acids is 1. The van der Waals surface area contributed by atoms with Gasteiger partial charge in [-0.2, -0.15) is 0 Å². The molecule has 3 aromatic rings. The first-order valence-corrected chi connectivity index (χ1v) is 13.9. The predicted molar refractivity (Wildman–Crippen MR) is 157 cm³/mol. The van der Waals surface area contributed by atoms with Crippen LogP contribution in [0.2, 0.25) is 0 Å². The summed E-state index contributed by atoms with van der Waals surface area (Å²) in [4.78, 5) is 21.4. The van der Waals surface area contributed by atoms with Gasteiger partial charge >= 0.3 is 6.09 Å². The minimum Gasteiger partial charge on any atom is -0.496 e. The molecule has 2 bridgehead atoms. The summed E-state index contributed by atoms with van der Waals surface area (Å²) < 4.78 is 10.9. The van der Waals surface area contributed by atoms with Crippen molar-refractivity contribution in [1.82, 2.24) is 20.5 Å². The van der Waals surface area contributed by atoms with E-state index in [1.165, 1.54) is 5.69 Å². The lowest BCUT2D eigenvalue weighted by atomic mass is 10.1. The van der Waals surface area contributed by atoms with Gasteiger partial charge in [-0.3, -0.25) is 4.98 Å². The van der Waals surface area contributed by atoms with Crippen LogP contribution in [0.15, 0.2) is 48.7 Å². The molecule has 2 aliphatic heterocycles. The van der Waals surface area contributed by atoms with Crippen LogP contribution in [0.1, 0.15) is 45.7 Å². The second-order valence-electron chi connectivity index (χ2n) is 11.4. The zero-order valence-electron chi connectivity index (χ0n) is 23.8. The van der Waals surface area contributed by atoms with Gasteiger partial charge in [-0.25, -0.2) is 4.79 Å². The maximum atomic E-state index is 11.9. The molecule has 40 heavy (non-hydrogen) atoms. The Balaban J connectivity index is 1.24. The van der Waals surface area contributed by atoms with Crippen molar-refractivity contribution in [2.24, 2.45) is 0 Å². The monoisotopic (exact) mass is 545 g/mol. The number of ether oxygens (including phenoxy) is 2. The Hall–Kier alpha value is -4.08. The maximum Gasteiger partial charge on any atom is 0.407 e. The first-order chi connectivity index (χ1) is 19.2. The number of aryl methyl sites for hydroxylation is 1. The Morgan fingerprint density at radius 1 is 1.10 bits per heavy atom. The number of amides is 1. The SMILES string of the molecule is COc1ccccc1-c1cc(N2CC3CCC(C2)N3c2ccnc(CCCNC(=O)OC(C)(C)C)c2)c(N)nn1. The van der Waals surface area contributed by atoms with Crippen LogP contribution in [0.3, 0.4) is 0 Å². The number of nitrogen functional groups attached to an aromatic ring is 1. The molecular formula is C30H39N7O3. The average molecular weight is 546 g/mol. The Morgan fingerprint density at radius 2 is 1.85 bits per heavy atom. The molecule has 0 spiro atoms. The summed E-state index contributed by atoms with van der Waals surface area (Å²) in [6.45, 7) is 7.83. The first-order valence-electron chi connectivity index (χ1n) is 13.9. The molecule has 1 amide bonds. The van der Waals surface area contributed by atoms with E-state index >= 15 is 0 Å². The molecule has 2 aliphatic rings. The molecule has 0 saturated carbocycles. The molecule has 2 fully saturated rings. The molecule has 5 rings (SSSR count). The average Bonchev–Trinajstić information content (AvgIpc) is 3.19. The summed E-state index contributed by atoms with van der Waals surface area (Å²) in [7, 11) is 1.66. The van der Waals surface area contributed by atoms with E-state index in [0.717, 1.165) is 67.2 Å². The Bertz CT molecular complexity index is 1330. The Labute approximate surface area is 235 Å². The van der Waals surface area contributed by atoms with Crippen LogP contribution in [0.4, 0.5) is 22.0 Å². The molecule has 212 valence electrons. The number of carbonyl (C=O) groups is 1. The van der Waals surface area contributed by atoms with Crippen molar-refractivity contribution in [2.45, 2.75) is 64.1 Å². The number of nitrogens with two attached hydrogens (primary N) is 1. The summed E-state index contributed by atoms with van der Waals surface area (Å²) >= 11 is 0. The van der Waals surface area contributed by atoms with Gasteiger partial charge in [-0.15, -0.1) is 10.2 Å². The smallest absolute Gasteiger partial charge is 0.407 e. The number of nitrogens with zero attached hydrogens (tertiary/aromatic N) is 5. The second kappa shape index (κ2) is 11.6. The second-order valence-corrected chi connectivity index (χ2v) is 11.4. The quantitative estimate of drug-likeness (QED) is 0.396. The number of methoxy groups -OCH3 is 1. The molecule has 2 saturated heterocycles. The van der Waals surface area contributed by atoms with Crippen LogP contribution in [0.5, 0.6) is 5.75 Å². The number of hydrogen-bond acceptors (Lipinski definition) is 9. The zero-order valence-corrected chi connectivity index (χ0v) is 23.8. The number of nitrogens with one attached hydrogen (secondary N) is 1. The number of alkyl carbamates (subject to hydrolysis) is 1. The normalized spacial score (nSPS) is 18.5. The van der Waals surface area contributed by atoms with Gasteiger partial charge in [0.15, 0.2) is 5.82 Å². The molecule has 2 atom stereocenters. The van der Waals surface area contributed by atoms with Gasteiger partial charge in [-0.05, 0) is 76.8 Å². The number of pyridine rings is 1. The largest absolute Gasteiger partial charge is 0.496 e. The third-order valence-corrected chi connectivity index (χ3v) is 7.38. The summed E-state index contributed by atoms with van der Waals surface area (Å²) in [5.41, 5.74) is 10.6. The van der Waals surface area contributed by atoms with Crippen molar-refractivity contribution in [3.05, 3.63) is 54.4 Å². The molecule has 1 aromatic carbocycles. The molecule has 10 heteroatoms. The van der Waals surface area contributed by atoms with E-state index in [1.54, 1.807) is 7.11 Å². The fourth-order valence-electron chi connectivity index (χ4n) is 5.69. The van der Waals surface area contributed by atoms with E-state index in [9.17, 15) is 4.79 Å². The number of rotatable bonds is 8. The fourth-order valence-corrected chi connectivity index (χ4v) is 5.69. The van der Waals surface area contributed by atoms with Crippen LogP contribution in [-0.4, -0.2) is 65.7 Å². The van der Waals surface area contributed by atoms with E-state index in [0.29, 0.717) is 24.4 Å². The Kier molecular flexibility index (Phi) is 7.95. The van der Waals surface area contributed by atoms with Gasteiger partial charge in [0, 0.05) is 54.9 Å². The van der Waals surface area contributed by atoms with E-state index in [1.807, 2.05) is 57.3 Å². The third kappa shape index (κ3) is 6.21. The molecule has 3 N–H and O–H groups in total. The van der Waals surface area contributed by atoms with Crippen LogP contribution in [0, 0.1) is 0 Å². The van der Waals surface area contributed by atoms with Gasteiger partial charge in [0.05, 0.1) is 18.5 Å². The summed E-state index contributed by atoms with van der Waals surface area (Å²) in [6.07, 6.45) is 5.32. The van der Waals surface area contributed by atoms with Crippen molar-refractivity contribution in [3.63, 3.8) is 0 Å². The number of fused-ring (bicyclic) bond motifs is 2. The number of anilines is 3. The van der Waals surface area contributed by atoms with E-state index < -0.39 is 5.60 Å². The Morgan fingerprint density at radius 3 is 2.58 bits per heavy atom. The fraction of sp³-hybridized carbons (Fsp3) is 0.467. The van der Waals surface area contributed by atoms with Crippen molar-refractivity contribution < 1.29 is 14.3 Å². The topological polar surface area (TPSA) is 119 Å². The van der Waals surface area contributed by atoms with Crippen LogP contribution in [0.25, 0.3) is 11.3 Å². The van der Waals surface area contributed by atoms with E-state index in [-0.39, 0.29) is 6.09 Å². The highest BCUT2D eigenvalue weighted by atomic mass is 16.6.